The van der Waals surface area contributed by atoms with Crippen molar-refractivity contribution in [3.05, 3.63) is 10.6 Å². The third-order valence-electron chi connectivity index (χ3n) is 3.45. The summed E-state index contributed by atoms with van der Waals surface area (Å²) in [6, 6.07) is 0.372. The number of rotatable bonds is 6. The minimum absolute atomic E-state index is 0.372. The highest BCUT2D eigenvalue weighted by atomic mass is 32.1. The van der Waals surface area contributed by atoms with Crippen LogP contribution in [0.1, 0.15) is 49.7 Å². The molecule has 2 atom stereocenters. The molecule has 1 N–H and O–H groups in total. The smallest absolute Gasteiger partial charge is 0.0803 e. The monoisotopic (exact) mass is 269 g/mol. The first kappa shape index (κ1) is 13.9. The molecule has 0 amide bonds. The van der Waals surface area contributed by atoms with Crippen molar-refractivity contribution in [2.75, 3.05) is 19.8 Å². The van der Waals surface area contributed by atoms with Gasteiger partial charge in [0.15, 0.2) is 0 Å². The Kier molecular flexibility index (Phi) is 5.53. The van der Waals surface area contributed by atoms with Crippen LogP contribution < -0.4 is 5.32 Å². The minimum Gasteiger partial charge on any atom is -0.381 e. The van der Waals surface area contributed by atoms with E-state index in [1.807, 2.05) is 0 Å². The molecule has 1 aromatic rings. The molecule has 2 rings (SSSR count). The summed E-state index contributed by atoms with van der Waals surface area (Å²) in [7, 11) is 0. The molecule has 1 fully saturated rings. The molecule has 0 aromatic carbocycles. The maximum Gasteiger partial charge on any atom is 0.0803 e. The third-order valence-corrected chi connectivity index (χ3v) is 4.29. The molecule has 2 unspecified atom stereocenters. The molecule has 1 aliphatic heterocycles. The number of ether oxygens (including phenoxy) is 1. The van der Waals surface area contributed by atoms with Gasteiger partial charge >= 0.3 is 0 Å². The van der Waals surface area contributed by atoms with Gasteiger partial charge in [-0.3, -0.25) is 0 Å². The van der Waals surface area contributed by atoms with Crippen molar-refractivity contribution in [3.63, 3.8) is 0 Å². The molecule has 2 heterocycles. The van der Waals surface area contributed by atoms with E-state index in [0.717, 1.165) is 32.6 Å². The zero-order valence-electron chi connectivity index (χ0n) is 11.3. The van der Waals surface area contributed by atoms with Crippen LogP contribution in [0.4, 0.5) is 0 Å². The van der Waals surface area contributed by atoms with E-state index in [2.05, 4.69) is 28.8 Å². The van der Waals surface area contributed by atoms with Gasteiger partial charge in [0.25, 0.3) is 0 Å². The highest BCUT2D eigenvalue weighted by Gasteiger charge is 2.28. The van der Waals surface area contributed by atoms with Gasteiger partial charge in [-0.1, -0.05) is 24.8 Å². The normalized spacial score (nSPS) is 22.0. The average Bonchev–Trinajstić information content (AvgIpc) is 2.85. The molecular formula is C13H23N3OS. The van der Waals surface area contributed by atoms with Gasteiger partial charge in [-0.05, 0) is 37.3 Å². The number of hydrogen-bond acceptors (Lipinski definition) is 5. The topological polar surface area (TPSA) is 47.0 Å². The van der Waals surface area contributed by atoms with Crippen molar-refractivity contribution in [2.24, 2.45) is 5.92 Å². The van der Waals surface area contributed by atoms with E-state index in [1.54, 1.807) is 11.5 Å². The fourth-order valence-electron chi connectivity index (χ4n) is 2.58. The van der Waals surface area contributed by atoms with Crippen LogP contribution in [0.2, 0.25) is 0 Å². The molecule has 5 heteroatoms. The Hall–Kier alpha value is -0.520. The first-order chi connectivity index (χ1) is 8.86. The summed E-state index contributed by atoms with van der Waals surface area (Å²) in [5.41, 5.74) is 1.18. The minimum atomic E-state index is 0.372. The summed E-state index contributed by atoms with van der Waals surface area (Å²) in [4.78, 5) is 1.33. The van der Waals surface area contributed by atoms with Crippen LogP contribution in [0.15, 0.2) is 0 Å². The largest absolute Gasteiger partial charge is 0.381 e. The third kappa shape index (κ3) is 3.28. The Bertz CT molecular complexity index is 350. The molecule has 0 spiro atoms. The Morgan fingerprint density at radius 2 is 2.39 bits per heavy atom. The zero-order chi connectivity index (χ0) is 12.8. The summed E-state index contributed by atoms with van der Waals surface area (Å²) in [6.45, 7) is 7.10. The van der Waals surface area contributed by atoms with Gasteiger partial charge in [-0.25, -0.2) is 0 Å². The molecule has 18 heavy (non-hydrogen) atoms. The van der Waals surface area contributed by atoms with Gasteiger partial charge in [0, 0.05) is 12.5 Å². The number of nitrogens with one attached hydrogen (secondary N) is 1. The number of aryl methyl sites for hydroxylation is 1. The molecule has 0 radical (unpaired) electrons. The SMILES string of the molecule is CCCc1nnsc1C(NCC)C1CCCOC1. The Morgan fingerprint density at radius 1 is 1.50 bits per heavy atom. The summed E-state index contributed by atoms with van der Waals surface area (Å²) < 4.78 is 9.78. The standard InChI is InChI=1S/C13H23N3OS/c1-3-6-11-13(18-16-15-11)12(14-4-2)10-7-5-8-17-9-10/h10,12,14H,3-9H2,1-2H3. The quantitative estimate of drug-likeness (QED) is 0.862. The lowest BCUT2D eigenvalue weighted by Crippen LogP contribution is -2.33. The van der Waals surface area contributed by atoms with Crippen molar-refractivity contribution in [1.82, 2.24) is 14.9 Å². The van der Waals surface area contributed by atoms with Gasteiger partial charge in [0.05, 0.1) is 23.2 Å². The van der Waals surface area contributed by atoms with Crippen LogP contribution in [0, 0.1) is 5.92 Å². The molecule has 1 aliphatic rings. The zero-order valence-corrected chi connectivity index (χ0v) is 12.1. The Morgan fingerprint density at radius 3 is 3.06 bits per heavy atom. The van der Waals surface area contributed by atoms with E-state index in [4.69, 9.17) is 4.74 Å². The van der Waals surface area contributed by atoms with Gasteiger partial charge < -0.3 is 10.1 Å². The van der Waals surface area contributed by atoms with Crippen LogP contribution in [0.5, 0.6) is 0 Å². The van der Waals surface area contributed by atoms with Crippen molar-refractivity contribution in [2.45, 2.75) is 45.6 Å². The molecular weight excluding hydrogens is 246 g/mol. The lowest BCUT2D eigenvalue weighted by Gasteiger charge is -2.30. The number of nitrogens with zero attached hydrogens (tertiary/aromatic N) is 2. The maximum atomic E-state index is 5.63. The summed E-state index contributed by atoms with van der Waals surface area (Å²) in [5.74, 6) is 0.566. The first-order valence-corrected chi connectivity index (χ1v) is 7.76. The molecule has 0 bridgehead atoms. The van der Waals surface area contributed by atoms with Crippen LogP contribution in [-0.2, 0) is 11.2 Å². The van der Waals surface area contributed by atoms with E-state index < -0.39 is 0 Å². The number of aromatic nitrogens is 2. The second-order valence-electron chi connectivity index (χ2n) is 4.85. The number of hydrogen-bond donors (Lipinski definition) is 1. The molecule has 4 nitrogen and oxygen atoms in total. The van der Waals surface area contributed by atoms with Crippen molar-refractivity contribution < 1.29 is 4.74 Å². The van der Waals surface area contributed by atoms with Crippen LogP contribution in [0.3, 0.4) is 0 Å². The summed E-state index contributed by atoms with van der Waals surface area (Å²) in [6.07, 6.45) is 4.56. The highest BCUT2D eigenvalue weighted by Crippen LogP contribution is 2.32. The first-order valence-electron chi connectivity index (χ1n) is 6.99. The molecule has 1 aromatic heterocycles. The van der Waals surface area contributed by atoms with Gasteiger partial charge in [-0.2, -0.15) is 0 Å². The van der Waals surface area contributed by atoms with E-state index in [9.17, 15) is 0 Å². The van der Waals surface area contributed by atoms with Crippen molar-refractivity contribution in [3.8, 4) is 0 Å². The van der Waals surface area contributed by atoms with Gasteiger partial charge in [0.1, 0.15) is 0 Å². The van der Waals surface area contributed by atoms with Crippen LogP contribution >= 0.6 is 11.5 Å². The van der Waals surface area contributed by atoms with Crippen molar-refractivity contribution in [1.29, 1.82) is 0 Å². The summed E-state index contributed by atoms with van der Waals surface area (Å²) >= 11 is 1.55. The second kappa shape index (κ2) is 7.16. The van der Waals surface area contributed by atoms with Gasteiger partial charge in [0.2, 0.25) is 0 Å². The lowest BCUT2D eigenvalue weighted by atomic mass is 9.91. The fraction of sp³-hybridized carbons (Fsp3) is 0.846. The highest BCUT2D eigenvalue weighted by molar-refractivity contribution is 7.05. The average molecular weight is 269 g/mol. The molecule has 1 saturated heterocycles. The van der Waals surface area contributed by atoms with Gasteiger partial charge in [-0.15, -0.1) is 5.10 Å². The van der Waals surface area contributed by atoms with E-state index in [1.165, 1.54) is 23.4 Å². The maximum absolute atomic E-state index is 5.63. The van der Waals surface area contributed by atoms with E-state index in [0.29, 0.717) is 12.0 Å². The van der Waals surface area contributed by atoms with Crippen LogP contribution in [-0.4, -0.2) is 29.3 Å². The Balaban J connectivity index is 2.14. The van der Waals surface area contributed by atoms with E-state index >= 15 is 0 Å². The molecule has 0 aliphatic carbocycles. The lowest BCUT2D eigenvalue weighted by molar-refractivity contribution is 0.0396. The molecule has 102 valence electrons. The molecule has 0 saturated carbocycles. The predicted octanol–water partition coefficient (Wildman–Crippen LogP) is 2.57. The second-order valence-corrected chi connectivity index (χ2v) is 5.63. The van der Waals surface area contributed by atoms with E-state index in [-0.39, 0.29) is 0 Å². The van der Waals surface area contributed by atoms with Crippen LogP contribution in [0.25, 0.3) is 0 Å². The predicted molar refractivity (Wildman–Crippen MR) is 73.9 cm³/mol. The summed E-state index contributed by atoms with van der Waals surface area (Å²) in [5, 5.41) is 7.90. The Labute approximate surface area is 113 Å². The van der Waals surface area contributed by atoms with Crippen molar-refractivity contribution >= 4 is 11.5 Å². The fourth-order valence-corrected chi connectivity index (χ4v) is 3.45.